The van der Waals surface area contributed by atoms with E-state index in [4.69, 9.17) is 9.84 Å². The molecule has 3 rings (SSSR count). The highest BCUT2D eigenvalue weighted by Gasteiger charge is 2.13. The Hall–Kier alpha value is -2.80. The fourth-order valence-electron chi connectivity index (χ4n) is 1.88. The van der Waals surface area contributed by atoms with Crippen LogP contribution in [0.2, 0.25) is 0 Å². The largest absolute Gasteiger partial charge is 0.476 e. The lowest BCUT2D eigenvalue weighted by atomic mass is 10.1. The molecule has 1 aromatic heterocycles. The smallest absolute Gasteiger partial charge is 0.365 e. The van der Waals surface area contributed by atoms with Gasteiger partial charge in [0.2, 0.25) is 5.01 Å². The Bertz CT molecular complexity index is 862. The molecule has 0 atom stereocenters. The summed E-state index contributed by atoms with van der Waals surface area (Å²) in [4.78, 5) is 14.7. The number of thiazole rings is 1. The number of ether oxygens (including phenoxy) is 1. The van der Waals surface area contributed by atoms with Gasteiger partial charge in [-0.1, -0.05) is 0 Å². The maximum absolute atomic E-state index is 14.1. The summed E-state index contributed by atoms with van der Waals surface area (Å²) in [5, 5.41) is 10.3. The van der Waals surface area contributed by atoms with Crippen molar-refractivity contribution in [1.82, 2.24) is 4.98 Å². The van der Waals surface area contributed by atoms with Crippen molar-refractivity contribution in [3.8, 4) is 22.8 Å². The third-order valence-electron chi connectivity index (χ3n) is 2.96. The van der Waals surface area contributed by atoms with E-state index in [1.807, 2.05) is 0 Å². The zero-order chi connectivity index (χ0) is 16.4. The molecule has 1 N–H and O–H groups in total. The molecule has 4 nitrogen and oxygen atoms in total. The van der Waals surface area contributed by atoms with E-state index in [0.29, 0.717) is 17.0 Å². The monoisotopic (exact) mass is 333 g/mol. The van der Waals surface area contributed by atoms with Gasteiger partial charge in [0, 0.05) is 10.9 Å². The average Bonchev–Trinajstić information content (AvgIpc) is 3.01. The summed E-state index contributed by atoms with van der Waals surface area (Å²) in [6, 6.07) is 9.40. The first-order chi connectivity index (χ1) is 11.0. The Morgan fingerprint density at radius 2 is 1.87 bits per heavy atom. The molecule has 0 unspecified atom stereocenters. The molecule has 0 saturated carbocycles. The van der Waals surface area contributed by atoms with Gasteiger partial charge in [-0.3, -0.25) is 0 Å². The van der Waals surface area contributed by atoms with E-state index in [1.165, 1.54) is 36.4 Å². The summed E-state index contributed by atoms with van der Waals surface area (Å²) in [5.41, 5.74) is 0.817. The fourth-order valence-corrected chi connectivity index (χ4v) is 2.54. The first-order valence-electron chi connectivity index (χ1n) is 6.45. The molecule has 0 saturated heterocycles. The Morgan fingerprint density at radius 3 is 2.48 bits per heavy atom. The molecule has 0 radical (unpaired) electrons. The molecule has 0 aliphatic heterocycles. The van der Waals surface area contributed by atoms with E-state index in [2.05, 4.69) is 4.98 Å². The van der Waals surface area contributed by atoms with Gasteiger partial charge in [-0.05, 0) is 42.5 Å². The van der Waals surface area contributed by atoms with Crippen molar-refractivity contribution in [3.63, 3.8) is 0 Å². The second kappa shape index (κ2) is 6.13. The van der Waals surface area contributed by atoms with E-state index < -0.39 is 17.6 Å². The standard InChI is InChI=1S/C16H9F2NO3S/c17-10-2-4-11(5-3-10)22-14-6-1-9(7-12(14)18)13-8-23-15(19-13)16(20)21/h1-8H,(H,20,21). The Kier molecular flexibility index (Phi) is 4.03. The zero-order valence-corrected chi connectivity index (χ0v) is 12.3. The minimum absolute atomic E-state index is 0.0194. The van der Waals surface area contributed by atoms with Gasteiger partial charge in [-0.2, -0.15) is 0 Å². The van der Waals surface area contributed by atoms with Crippen molar-refractivity contribution in [1.29, 1.82) is 0 Å². The van der Waals surface area contributed by atoms with E-state index in [0.717, 1.165) is 11.3 Å². The van der Waals surface area contributed by atoms with Gasteiger partial charge in [-0.25, -0.2) is 18.6 Å². The first-order valence-corrected chi connectivity index (χ1v) is 7.33. The van der Waals surface area contributed by atoms with Crippen molar-refractivity contribution in [2.75, 3.05) is 0 Å². The number of rotatable bonds is 4. The molecule has 1 heterocycles. The van der Waals surface area contributed by atoms with Crippen LogP contribution in [-0.4, -0.2) is 16.1 Å². The van der Waals surface area contributed by atoms with E-state index in [9.17, 15) is 13.6 Å². The summed E-state index contributed by atoms with van der Waals surface area (Å²) in [7, 11) is 0. The number of hydrogen-bond acceptors (Lipinski definition) is 4. The average molecular weight is 333 g/mol. The number of nitrogens with zero attached hydrogens (tertiary/aromatic N) is 1. The minimum atomic E-state index is -1.13. The quantitative estimate of drug-likeness (QED) is 0.759. The van der Waals surface area contributed by atoms with Gasteiger partial charge in [0.25, 0.3) is 0 Å². The predicted molar refractivity (Wildman–Crippen MR) is 80.9 cm³/mol. The topological polar surface area (TPSA) is 59.4 Å². The molecule has 0 bridgehead atoms. The van der Waals surface area contributed by atoms with Crippen molar-refractivity contribution in [3.05, 3.63) is 64.5 Å². The normalized spacial score (nSPS) is 10.5. The van der Waals surface area contributed by atoms with Gasteiger partial charge in [-0.15, -0.1) is 11.3 Å². The van der Waals surface area contributed by atoms with Gasteiger partial charge < -0.3 is 9.84 Å². The molecule has 0 aliphatic carbocycles. The molecular formula is C16H9F2NO3S. The second-order valence-electron chi connectivity index (χ2n) is 4.54. The first kappa shape index (κ1) is 15.1. The lowest BCUT2D eigenvalue weighted by molar-refractivity contribution is 0.0696. The van der Waals surface area contributed by atoms with Crippen LogP contribution in [0, 0.1) is 11.6 Å². The summed E-state index contributed by atoms with van der Waals surface area (Å²) in [6.45, 7) is 0. The molecule has 0 aliphatic rings. The molecule has 7 heteroatoms. The highest BCUT2D eigenvalue weighted by Crippen LogP contribution is 2.29. The summed E-state index contributed by atoms with van der Waals surface area (Å²) in [6.07, 6.45) is 0. The van der Waals surface area contributed by atoms with Gasteiger partial charge in [0.15, 0.2) is 11.6 Å². The molecule has 0 fully saturated rings. The third kappa shape index (κ3) is 3.35. The fraction of sp³-hybridized carbons (Fsp3) is 0. The van der Waals surface area contributed by atoms with Gasteiger partial charge in [0.1, 0.15) is 11.6 Å². The van der Waals surface area contributed by atoms with Crippen LogP contribution < -0.4 is 4.74 Å². The van der Waals surface area contributed by atoms with E-state index in [1.54, 1.807) is 11.4 Å². The van der Waals surface area contributed by atoms with Crippen LogP contribution in [0.25, 0.3) is 11.3 Å². The number of carboxylic acid groups (broad SMARTS) is 1. The molecule has 3 aromatic rings. The number of carboxylic acids is 1. The lowest BCUT2D eigenvalue weighted by Crippen LogP contribution is -1.94. The second-order valence-corrected chi connectivity index (χ2v) is 5.40. The summed E-state index contributed by atoms with van der Waals surface area (Å²) >= 11 is 0.967. The highest BCUT2D eigenvalue weighted by atomic mass is 32.1. The minimum Gasteiger partial charge on any atom is -0.476 e. The van der Waals surface area contributed by atoms with E-state index in [-0.39, 0.29) is 10.8 Å². The third-order valence-corrected chi connectivity index (χ3v) is 3.79. The number of carbonyl (C=O) groups is 1. The van der Waals surface area contributed by atoms with Gasteiger partial charge >= 0.3 is 5.97 Å². The van der Waals surface area contributed by atoms with Gasteiger partial charge in [0.05, 0.1) is 5.69 Å². The van der Waals surface area contributed by atoms with Crippen molar-refractivity contribution < 1.29 is 23.4 Å². The van der Waals surface area contributed by atoms with Crippen LogP contribution in [-0.2, 0) is 0 Å². The molecule has 0 spiro atoms. The van der Waals surface area contributed by atoms with Crippen LogP contribution in [0.15, 0.2) is 47.8 Å². The zero-order valence-electron chi connectivity index (χ0n) is 11.5. The van der Waals surface area contributed by atoms with Crippen LogP contribution >= 0.6 is 11.3 Å². The maximum Gasteiger partial charge on any atom is 0.365 e. The molecule has 0 amide bonds. The Balaban J connectivity index is 1.85. The number of halogens is 2. The number of aromatic carboxylic acids is 1. The highest BCUT2D eigenvalue weighted by molar-refractivity contribution is 7.11. The van der Waals surface area contributed by atoms with Crippen molar-refractivity contribution in [2.24, 2.45) is 0 Å². The van der Waals surface area contributed by atoms with E-state index >= 15 is 0 Å². The van der Waals surface area contributed by atoms with Crippen LogP contribution in [0.4, 0.5) is 8.78 Å². The summed E-state index contributed by atoms with van der Waals surface area (Å²) < 4.78 is 32.3. The Morgan fingerprint density at radius 1 is 1.13 bits per heavy atom. The lowest BCUT2D eigenvalue weighted by Gasteiger charge is -2.07. The number of aromatic nitrogens is 1. The van der Waals surface area contributed by atoms with Crippen LogP contribution in [0.1, 0.15) is 9.80 Å². The molecular weight excluding hydrogens is 324 g/mol. The number of benzene rings is 2. The maximum atomic E-state index is 14.1. The number of hydrogen-bond donors (Lipinski definition) is 1. The SMILES string of the molecule is O=C(O)c1nc(-c2ccc(Oc3ccc(F)cc3)c(F)c2)cs1. The molecule has 116 valence electrons. The molecule has 23 heavy (non-hydrogen) atoms. The van der Waals surface area contributed by atoms with Crippen molar-refractivity contribution >= 4 is 17.3 Å². The summed E-state index contributed by atoms with van der Waals surface area (Å²) in [5.74, 6) is -1.88. The Labute approximate surface area is 133 Å². The molecule has 2 aromatic carbocycles. The van der Waals surface area contributed by atoms with Crippen LogP contribution in [0.3, 0.4) is 0 Å². The van der Waals surface area contributed by atoms with Crippen LogP contribution in [0.5, 0.6) is 11.5 Å². The van der Waals surface area contributed by atoms with Crippen molar-refractivity contribution in [2.45, 2.75) is 0 Å². The predicted octanol–water partition coefficient (Wildman–Crippen LogP) is 4.58.